The van der Waals surface area contributed by atoms with Crippen LogP contribution in [0.1, 0.15) is 59.8 Å². The fraction of sp³-hybridized carbons (Fsp3) is 0.600. The number of aliphatic hydroxyl groups is 1. The Hall–Kier alpha value is -0.980. The van der Waals surface area contributed by atoms with Gasteiger partial charge in [0.2, 0.25) is 0 Å². The van der Waals surface area contributed by atoms with Crippen molar-refractivity contribution in [3.8, 4) is 0 Å². The third kappa shape index (κ3) is 11.1. The lowest BCUT2D eigenvalue weighted by atomic mass is 10.1. The van der Waals surface area contributed by atoms with E-state index in [0.29, 0.717) is 12.2 Å². The summed E-state index contributed by atoms with van der Waals surface area (Å²) in [5.41, 5.74) is 1.50. The topological polar surface area (TPSA) is 20.2 Å². The molecule has 0 aromatic heterocycles. The van der Waals surface area contributed by atoms with Gasteiger partial charge in [0.05, 0.1) is 5.76 Å². The molecule has 0 bridgehead atoms. The molecule has 94 valence electrons. The molecule has 0 aliphatic heterocycles. The van der Waals surface area contributed by atoms with Crippen molar-refractivity contribution in [1.82, 2.24) is 0 Å². The molecule has 0 heterocycles. The molecular weight excluding hydrogens is 196 g/mol. The molecule has 0 saturated carbocycles. The van der Waals surface area contributed by atoms with Gasteiger partial charge in [-0.3, -0.25) is 0 Å². The number of aliphatic hydroxyl groups excluding tert-OH is 1. The van der Waals surface area contributed by atoms with Crippen molar-refractivity contribution in [1.29, 1.82) is 0 Å². The van der Waals surface area contributed by atoms with Gasteiger partial charge in [0.1, 0.15) is 0 Å². The molecule has 0 fully saturated rings. The van der Waals surface area contributed by atoms with E-state index < -0.39 is 0 Å². The predicted octanol–water partition coefficient (Wildman–Crippen LogP) is 5.56. The van der Waals surface area contributed by atoms with E-state index >= 15 is 0 Å². The van der Waals surface area contributed by atoms with Crippen LogP contribution in [-0.2, 0) is 0 Å². The van der Waals surface area contributed by atoms with Gasteiger partial charge in [-0.15, -0.1) is 6.58 Å². The molecule has 1 heteroatoms. The van der Waals surface area contributed by atoms with Gasteiger partial charge < -0.3 is 5.11 Å². The van der Waals surface area contributed by atoms with Gasteiger partial charge in [0, 0.05) is 6.42 Å². The van der Waals surface area contributed by atoms with Crippen LogP contribution in [0.25, 0.3) is 0 Å². The van der Waals surface area contributed by atoms with Crippen LogP contribution < -0.4 is 0 Å². The lowest BCUT2D eigenvalue weighted by molar-refractivity contribution is 0.398. The molecule has 0 saturated heterocycles. The molecule has 0 amide bonds. The Morgan fingerprint density at radius 3 is 2.00 bits per heavy atom. The Morgan fingerprint density at radius 2 is 1.56 bits per heavy atom. The van der Waals surface area contributed by atoms with Gasteiger partial charge in [0.15, 0.2) is 0 Å². The first-order valence-corrected chi connectivity index (χ1v) is 6.41. The molecule has 0 atom stereocenters. The minimum atomic E-state index is 0.433. The summed E-state index contributed by atoms with van der Waals surface area (Å²) >= 11 is 0. The molecule has 0 spiro atoms. The third-order valence-electron chi connectivity index (χ3n) is 2.24. The number of hydrogen-bond acceptors (Lipinski definition) is 1. The van der Waals surface area contributed by atoms with Crippen LogP contribution >= 0.6 is 0 Å². The molecular formula is C15H28O. The summed E-state index contributed by atoms with van der Waals surface area (Å²) in [4.78, 5) is 0. The second-order valence-corrected chi connectivity index (χ2v) is 3.34. The Balaban J connectivity index is 0. The van der Waals surface area contributed by atoms with Crippen LogP contribution in [0.5, 0.6) is 0 Å². The highest BCUT2D eigenvalue weighted by Gasteiger charge is 1.90. The summed E-state index contributed by atoms with van der Waals surface area (Å²) in [5, 5.41) is 9.30. The zero-order valence-electron chi connectivity index (χ0n) is 11.4. The van der Waals surface area contributed by atoms with E-state index in [1.54, 1.807) is 6.08 Å². The average Bonchev–Trinajstić information content (AvgIpc) is 2.32. The van der Waals surface area contributed by atoms with Gasteiger partial charge in [-0.05, 0) is 31.8 Å². The Labute approximate surface area is 102 Å². The average molecular weight is 224 g/mol. The minimum Gasteiger partial charge on any atom is -0.512 e. The van der Waals surface area contributed by atoms with Gasteiger partial charge >= 0.3 is 0 Å². The van der Waals surface area contributed by atoms with E-state index in [9.17, 15) is 5.11 Å². The number of rotatable bonds is 7. The van der Waals surface area contributed by atoms with Gasteiger partial charge in [0.25, 0.3) is 0 Å². The third-order valence-corrected chi connectivity index (χ3v) is 2.24. The summed E-state index contributed by atoms with van der Waals surface area (Å²) in [6.07, 6.45) is 10.7. The van der Waals surface area contributed by atoms with Gasteiger partial charge in [-0.25, -0.2) is 0 Å². The molecule has 0 radical (unpaired) electrons. The molecule has 0 aromatic rings. The second kappa shape index (κ2) is 14.0. The lowest BCUT2D eigenvalue weighted by Gasteiger charge is -1.99. The van der Waals surface area contributed by atoms with Crippen molar-refractivity contribution in [3.63, 3.8) is 0 Å². The highest BCUT2D eigenvalue weighted by atomic mass is 16.3. The first-order chi connectivity index (χ1) is 7.74. The minimum absolute atomic E-state index is 0.433. The second-order valence-electron chi connectivity index (χ2n) is 3.34. The SMILES string of the molecule is C=CC/C(O)=C\CCC=C(CC)CC.CC. The van der Waals surface area contributed by atoms with Gasteiger partial charge in [-0.2, -0.15) is 0 Å². The van der Waals surface area contributed by atoms with Crippen LogP contribution in [0.15, 0.2) is 36.1 Å². The maximum absolute atomic E-state index is 9.30. The molecule has 1 N–H and O–H groups in total. The maximum Gasteiger partial charge on any atom is 0.0920 e. The fourth-order valence-electron chi connectivity index (χ4n) is 1.31. The number of allylic oxidation sites excluding steroid dienone is 4. The van der Waals surface area contributed by atoms with Crippen molar-refractivity contribution >= 4 is 0 Å². The summed E-state index contributed by atoms with van der Waals surface area (Å²) in [6, 6.07) is 0. The molecule has 0 rings (SSSR count). The molecule has 0 unspecified atom stereocenters. The Bertz CT molecular complexity index is 205. The molecule has 0 aromatic carbocycles. The summed E-state index contributed by atoms with van der Waals surface area (Å²) < 4.78 is 0. The smallest absolute Gasteiger partial charge is 0.0920 e. The Kier molecular flexibility index (Phi) is 15.3. The van der Waals surface area contributed by atoms with Crippen LogP contribution in [0.4, 0.5) is 0 Å². The first-order valence-electron chi connectivity index (χ1n) is 6.41. The van der Waals surface area contributed by atoms with Gasteiger partial charge in [-0.1, -0.05) is 45.4 Å². The van der Waals surface area contributed by atoms with E-state index in [1.165, 1.54) is 5.57 Å². The highest BCUT2D eigenvalue weighted by molar-refractivity contribution is 5.02. The van der Waals surface area contributed by atoms with Crippen molar-refractivity contribution < 1.29 is 5.11 Å². The molecule has 0 aliphatic carbocycles. The number of unbranched alkanes of at least 4 members (excludes halogenated alkanes) is 1. The largest absolute Gasteiger partial charge is 0.512 e. The van der Waals surface area contributed by atoms with E-state index in [0.717, 1.165) is 25.7 Å². The van der Waals surface area contributed by atoms with Crippen LogP contribution in [-0.4, -0.2) is 5.11 Å². The monoisotopic (exact) mass is 224 g/mol. The van der Waals surface area contributed by atoms with Crippen molar-refractivity contribution in [2.45, 2.75) is 59.8 Å². The lowest BCUT2D eigenvalue weighted by Crippen LogP contribution is -1.80. The van der Waals surface area contributed by atoms with E-state index in [4.69, 9.17) is 0 Å². The van der Waals surface area contributed by atoms with Crippen LogP contribution in [0.3, 0.4) is 0 Å². The van der Waals surface area contributed by atoms with E-state index in [1.807, 2.05) is 19.9 Å². The summed E-state index contributed by atoms with van der Waals surface area (Å²) in [5.74, 6) is 0.433. The summed E-state index contributed by atoms with van der Waals surface area (Å²) in [6.45, 7) is 11.9. The maximum atomic E-state index is 9.30. The molecule has 1 nitrogen and oxygen atoms in total. The van der Waals surface area contributed by atoms with E-state index in [-0.39, 0.29) is 0 Å². The van der Waals surface area contributed by atoms with Crippen LogP contribution in [0.2, 0.25) is 0 Å². The quantitative estimate of drug-likeness (QED) is 0.341. The normalized spacial score (nSPS) is 10.1. The zero-order chi connectivity index (χ0) is 12.8. The standard InChI is InChI=1S/C13H22O.C2H6/c1-4-9-13(14)11-8-7-10-12(5-2)6-3;1-2/h4,10-11,14H,1,5-9H2,2-3H3;1-2H3/b13-11+;. The zero-order valence-corrected chi connectivity index (χ0v) is 11.4. The van der Waals surface area contributed by atoms with Crippen molar-refractivity contribution in [2.24, 2.45) is 0 Å². The highest BCUT2D eigenvalue weighted by Crippen LogP contribution is 2.09. The molecule has 16 heavy (non-hydrogen) atoms. The Morgan fingerprint density at radius 1 is 1.06 bits per heavy atom. The van der Waals surface area contributed by atoms with Crippen molar-refractivity contribution in [2.75, 3.05) is 0 Å². The van der Waals surface area contributed by atoms with Crippen molar-refractivity contribution in [3.05, 3.63) is 36.1 Å². The predicted molar refractivity (Wildman–Crippen MR) is 74.8 cm³/mol. The summed E-state index contributed by atoms with van der Waals surface area (Å²) in [7, 11) is 0. The molecule has 0 aliphatic rings. The first kappa shape index (κ1) is 17.4. The van der Waals surface area contributed by atoms with Crippen LogP contribution in [0, 0.1) is 0 Å². The number of hydrogen-bond donors (Lipinski definition) is 1. The fourth-order valence-corrected chi connectivity index (χ4v) is 1.31. The van der Waals surface area contributed by atoms with E-state index in [2.05, 4.69) is 26.5 Å².